The molecule has 0 aliphatic rings. The van der Waals surface area contributed by atoms with E-state index in [4.69, 9.17) is 0 Å². The highest BCUT2D eigenvalue weighted by Crippen LogP contribution is 2.27. The summed E-state index contributed by atoms with van der Waals surface area (Å²) in [6.07, 6.45) is 0. The molecule has 5 nitrogen and oxygen atoms in total. The van der Waals surface area contributed by atoms with Crippen LogP contribution in [0.1, 0.15) is 27.7 Å². The van der Waals surface area contributed by atoms with Gasteiger partial charge in [0.1, 0.15) is 0 Å². The van der Waals surface area contributed by atoms with Gasteiger partial charge in [0.25, 0.3) is 0 Å². The Labute approximate surface area is 139 Å². The summed E-state index contributed by atoms with van der Waals surface area (Å²) in [5.74, 6) is 1.70. The first-order valence-corrected chi connectivity index (χ1v) is 9.28. The highest BCUT2D eigenvalue weighted by Gasteiger charge is 2.16. The maximum Gasteiger partial charge on any atom is 0.230 e. The van der Waals surface area contributed by atoms with Crippen molar-refractivity contribution in [3.05, 3.63) is 17.5 Å². The van der Waals surface area contributed by atoms with Crippen LogP contribution in [0.2, 0.25) is 0 Å². The molecule has 0 aromatic carbocycles. The minimum Gasteiger partial charge on any atom is -0.353 e. The number of thiophene rings is 1. The molecule has 2 heterocycles. The molecule has 0 spiro atoms. The molecule has 1 N–H and O–H groups in total. The quantitative estimate of drug-likeness (QED) is 0.787. The van der Waals surface area contributed by atoms with E-state index in [2.05, 4.69) is 40.9 Å². The molecule has 2 aromatic heterocycles. The van der Waals surface area contributed by atoms with Crippen LogP contribution in [-0.2, 0) is 11.3 Å². The van der Waals surface area contributed by atoms with E-state index in [9.17, 15) is 4.79 Å². The summed E-state index contributed by atoms with van der Waals surface area (Å²) in [4.78, 5) is 13.1. The number of amides is 1. The molecular formula is C15H22N4OS2. The van der Waals surface area contributed by atoms with Gasteiger partial charge in [0.15, 0.2) is 11.0 Å². The largest absolute Gasteiger partial charge is 0.353 e. The number of rotatable bonds is 7. The molecule has 0 unspecified atom stereocenters. The lowest BCUT2D eigenvalue weighted by Crippen LogP contribution is -2.37. The van der Waals surface area contributed by atoms with E-state index in [0.29, 0.717) is 11.7 Å². The van der Waals surface area contributed by atoms with Crippen molar-refractivity contribution in [1.29, 1.82) is 0 Å². The molecule has 0 saturated heterocycles. The van der Waals surface area contributed by atoms with Crippen molar-refractivity contribution in [2.75, 3.05) is 5.75 Å². The Morgan fingerprint density at radius 1 is 1.41 bits per heavy atom. The third-order valence-corrected chi connectivity index (χ3v) is 5.33. The minimum absolute atomic E-state index is 0.0366. The van der Waals surface area contributed by atoms with Gasteiger partial charge in [0, 0.05) is 12.6 Å². The van der Waals surface area contributed by atoms with E-state index in [1.54, 1.807) is 11.3 Å². The van der Waals surface area contributed by atoms with Crippen LogP contribution in [-0.4, -0.2) is 32.5 Å². The number of nitrogens with zero attached hydrogens (tertiary/aromatic N) is 3. The zero-order valence-corrected chi connectivity index (χ0v) is 15.0. The lowest BCUT2D eigenvalue weighted by molar-refractivity contribution is -0.119. The fourth-order valence-electron chi connectivity index (χ4n) is 1.86. The second-order valence-corrected chi connectivity index (χ2v) is 7.31. The van der Waals surface area contributed by atoms with Gasteiger partial charge in [-0.1, -0.05) is 31.7 Å². The van der Waals surface area contributed by atoms with Gasteiger partial charge in [-0.3, -0.25) is 4.79 Å². The summed E-state index contributed by atoms with van der Waals surface area (Å²) in [5.41, 5.74) is 0. The molecule has 2 rings (SSSR count). The average molecular weight is 339 g/mol. The number of hydrogen-bond donors (Lipinski definition) is 1. The molecule has 2 aromatic rings. The first kappa shape index (κ1) is 17.0. The number of nitrogens with one attached hydrogen (secondary N) is 1. The monoisotopic (exact) mass is 338 g/mol. The maximum absolute atomic E-state index is 12.0. The van der Waals surface area contributed by atoms with Gasteiger partial charge in [0.2, 0.25) is 5.91 Å². The van der Waals surface area contributed by atoms with Crippen molar-refractivity contribution in [3.8, 4) is 10.7 Å². The Kier molecular flexibility index (Phi) is 6.02. The summed E-state index contributed by atoms with van der Waals surface area (Å²) in [5, 5.41) is 14.3. The van der Waals surface area contributed by atoms with Gasteiger partial charge >= 0.3 is 0 Å². The standard InChI is InChI=1S/C15H22N4OS2/c1-5-19-14(12-7-6-8-21-12)17-18-15(19)22-9-13(20)16-11(4)10(2)3/h6-8,10-11H,5,9H2,1-4H3,(H,16,20)/t11-/m0/s1. The van der Waals surface area contributed by atoms with Crippen molar-refractivity contribution in [3.63, 3.8) is 0 Å². The second kappa shape index (κ2) is 7.78. The third-order valence-electron chi connectivity index (χ3n) is 3.50. The Morgan fingerprint density at radius 2 is 2.18 bits per heavy atom. The summed E-state index contributed by atoms with van der Waals surface area (Å²) < 4.78 is 2.05. The van der Waals surface area contributed by atoms with Crippen molar-refractivity contribution in [2.45, 2.75) is 45.4 Å². The summed E-state index contributed by atoms with van der Waals surface area (Å²) in [6.45, 7) is 9.06. The van der Waals surface area contributed by atoms with Crippen LogP contribution in [0.15, 0.2) is 22.7 Å². The van der Waals surface area contributed by atoms with Gasteiger partial charge in [-0.25, -0.2) is 0 Å². The average Bonchev–Trinajstić information content (AvgIpc) is 3.13. The van der Waals surface area contributed by atoms with E-state index in [-0.39, 0.29) is 11.9 Å². The molecule has 1 atom stereocenters. The maximum atomic E-state index is 12.0. The fraction of sp³-hybridized carbons (Fsp3) is 0.533. The van der Waals surface area contributed by atoms with Crippen molar-refractivity contribution in [1.82, 2.24) is 20.1 Å². The van der Waals surface area contributed by atoms with Gasteiger partial charge in [-0.05, 0) is 31.2 Å². The van der Waals surface area contributed by atoms with Crippen LogP contribution in [0.25, 0.3) is 10.7 Å². The van der Waals surface area contributed by atoms with E-state index in [0.717, 1.165) is 22.4 Å². The molecule has 0 bridgehead atoms. The van der Waals surface area contributed by atoms with Crippen LogP contribution in [0, 0.1) is 5.92 Å². The Bertz CT molecular complexity index is 607. The van der Waals surface area contributed by atoms with Crippen molar-refractivity contribution < 1.29 is 4.79 Å². The normalized spacial score (nSPS) is 12.6. The number of aromatic nitrogens is 3. The van der Waals surface area contributed by atoms with E-state index in [1.807, 2.05) is 24.4 Å². The van der Waals surface area contributed by atoms with Gasteiger partial charge < -0.3 is 9.88 Å². The van der Waals surface area contributed by atoms with E-state index < -0.39 is 0 Å². The molecule has 7 heteroatoms. The molecule has 22 heavy (non-hydrogen) atoms. The zero-order chi connectivity index (χ0) is 16.1. The predicted molar refractivity (Wildman–Crippen MR) is 92.2 cm³/mol. The lowest BCUT2D eigenvalue weighted by Gasteiger charge is -2.17. The Hall–Kier alpha value is -1.34. The molecule has 120 valence electrons. The molecule has 0 radical (unpaired) electrons. The highest BCUT2D eigenvalue weighted by atomic mass is 32.2. The molecule has 0 aliphatic carbocycles. The first-order chi connectivity index (χ1) is 10.5. The zero-order valence-electron chi connectivity index (χ0n) is 13.4. The summed E-state index contributed by atoms with van der Waals surface area (Å²) in [6, 6.07) is 4.22. The molecular weight excluding hydrogens is 316 g/mol. The Balaban J connectivity index is 2.00. The van der Waals surface area contributed by atoms with Crippen molar-refractivity contribution in [2.24, 2.45) is 5.92 Å². The van der Waals surface area contributed by atoms with Crippen LogP contribution in [0.5, 0.6) is 0 Å². The topological polar surface area (TPSA) is 59.8 Å². The Morgan fingerprint density at radius 3 is 2.77 bits per heavy atom. The first-order valence-electron chi connectivity index (χ1n) is 7.42. The number of thioether (sulfide) groups is 1. The highest BCUT2D eigenvalue weighted by molar-refractivity contribution is 7.99. The predicted octanol–water partition coefficient (Wildman–Crippen LogP) is 3.28. The van der Waals surface area contributed by atoms with Gasteiger partial charge in [0.05, 0.1) is 10.6 Å². The second-order valence-electron chi connectivity index (χ2n) is 5.42. The van der Waals surface area contributed by atoms with Gasteiger partial charge in [-0.15, -0.1) is 21.5 Å². The SMILES string of the molecule is CCn1c(SCC(=O)N[C@@H](C)C(C)C)nnc1-c1cccs1. The fourth-order valence-corrected chi connectivity index (χ4v) is 3.39. The number of carbonyl (C=O) groups is 1. The van der Waals surface area contributed by atoms with Crippen molar-refractivity contribution >= 4 is 29.0 Å². The van der Waals surface area contributed by atoms with E-state index in [1.165, 1.54) is 11.8 Å². The number of hydrogen-bond acceptors (Lipinski definition) is 5. The van der Waals surface area contributed by atoms with Crippen LogP contribution in [0.3, 0.4) is 0 Å². The third kappa shape index (κ3) is 4.10. The molecule has 1 amide bonds. The minimum atomic E-state index is 0.0366. The molecule has 0 aliphatic heterocycles. The molecule has 0 saturated carbocycles. The molecule has 0 fully saturated rings. The van der Waals surface area contributed by atoms with Crippen LogP contribution in [0.4, 0.5) is 0 Å². The summed E-state index contributed by atoms with van der Waals surface area (Å²) >= 11 is 3.08. The van der Waals surface area contributed by atoms with Crippen LogP contribution >= 0.6 is 23.1 Å². The number of carbonyl (C=O) groups excluding carboxylic acids is 1. The smallest absolute Gasteiger partial charge is 0.230 e. The summed E-state index contributed by atoms with van der Waals surface area (Å²) in [7, 11) is 0. The lowest BCUT2D eigenvalue weighted by atomic mass is 10.1. The van der Waals surface area contributed by atoms with Gasteiger partial charge in [-0.2, -0.15) is 0 Å². The van der Waals surface area contributed by atoms with E-state index >= 15 is 0 Å². The van der Waals surface area contributed by atoms with Crippen LogP contribution < -0.4 is 5.32 Å².